The van der Waals surface area contributed by atoms with Crippen molar-refractivity contribution in [3.63, 3.8) is 0 Å². The molecule has 0 spiro atoms. The molecule has 2 heterocycles. The lowest BCUT2D eigenvalue weighted by Gasteiger charge is -2.07. The van der Waals surface area contributed by atoms with Crippen molar-refractivity contribution in [3.8, 4) is 0 Å². The molecule has 94 valence electrons. The molecule has 0 unspecified atom stereocenters. The molecule has 0 saturated carbocycles. The average Bonchev–Trinajstić information content (AvgIpc) is 2.69. The van der Waals surface area contributed by atoms with E-state index in [0.717, 1.165) is 10.7 Å². The smallest absolute Gasteiger partial charge is 0.274 e. The van der Waals surface area contributed by atoms with Gasteiger partial charge in [-0.25, -0.2) is 10.4 Å². The molecular weight excluding hydrogens is 248 g/mol. The topological polar surface area (TPSA) is 57.6 Å². The number of nitrogens with zero attached hydrogens (tertiary/aromatic N) is 3. The van der Waals surface area contributed by atoms with Crippen LogP contribution in [0.5, 0.6) is 0 Å². The molecule has 0 atom stereocenters. The third-order valence-corrected chi connectivity index (χ3v) is 3.18. The fourth-order valence-corrected chi connectivity index (χ4v) is 2.26. The molecule has 0 aliphatic carbocycles. The number of pyridine rings is 1. The zero-order valence-electron chi connectivity index (χ0n) is 10.3. The van der Waals surface area contributed by atoms with E-state index in [1.807, 2.05) is 37.2 Å². The molecule has 1 aliphatic heterocycles. The van der Waals surface area contributed by atoms with Crippen LogP contribution in [0.15, 0.2) is 46.3 Å². The number of thioether (sulfide) groups is 1. The van der Waals surface area contributed by atoms with Crippen LogP contribution in [0.2, 0.25) is 0 Å². The van der Waals surface area contributed by atoms with Crippen molar-refractivity contribution in [2.24, 2.45) is 5.10 Å². The summed E-state index contributed by atoms with van der Waals surface area (Å²) < 4.78 is 0. The number of carbonyl (C=O) groups excluding carboxylic acids is 1. The maximum absolute atomic E-state index is 11.6. The maximum Gasteiger partial charge on any atom is 0.274 e. The Labute approximate surface area is 110 Å². The van der Waals surface area contributed by atoms with Crippen molar-refractivity contribution >= 4 is 23.4 Å². The second-order valence-electron chi connectivity index (χ2n) is 3.96. The number of hydrogen-bond acceptors (Lipinski definition) is 5. The van der Waals surface area contributed by atoms with Gasteiger partial charge in [-0.3, -0.25) is 4.79 Å². The molecular formula is C12H14N4OS. The van der Waals surface area contributed by atoms with Gasteiger partial charge in [-0.05, 0) is 12.1 Å². The quantitative estimate of drug-likeness (QED) is 0.652. The lowest BCUT2D eigenvalue weighted by molar-refractivity contribution is -0.116. The van der Waals surface area contributed by atoms with Crippen LogP contribution < -0.4 is 5.43 Å². The summed E-state index contributed by atoms with van der Waals surface area (Å²) in [5, 5.41) is 4.96. The average molecular weight is 262 g/mol. The second-order valence-corrected chi connectivity index (χ2v) is 4.96. The van der Waals surface area contributed by atoms with Gasteiger partial charge in [-0.2, -0.15) is 5.10 Å². The van der Waals surface area contributed by atoms with E-state index in [4.69, 9.17) is 0 Å². The first-order valence-electron chi connectivity index (χ1n) is 5.46. The molecule has 2 rings (SSSR count). The van der Waals surface area contributed by atoms with Gasteiger partial charge in [0, 0.05) is 32.2 Å². The molecule has 1 aliphatic rings. The van der Waals surface area contributed by atoms with E-state index in [0.29, 0.717) is 11.3 Å². The summed E-state index contributed by atoms with van der Waals surface area (Å²) in [4.78, 5) is 17.6. The van der Waals surface area contributed by atoms with Crippen LogP contribution >= 0.6 is 11.8 Å². The Kier molecular flexibility index (Phi) is 3.99. The van der Waals surface area contributed by atoms with Crippen LogP contribution in [-0.4, -0.2) is 41.4 Å². The van der Waals surface area contributed by atoms with Gasteiger partial charge in [0.2, 0.25) is 0 Å². The molecule has 5 nitrogen and oxygen atoms in total. The standard InChI is InChI=1S/C12H14N4OS/c1-16(2)7-9-10(14-15-12(9)17)8-18-11-5-3-4-6-13-11/h3-7H,8H2,1-2H3,(H,15,17)/b9-7-. The first kappa shape index (κ1) is 12.6. The summed E-state index contributed by atoms with van der Waals surface area (Å²) in [5.41, 5.74) is 3.85. The molecule has 18 heavy (non-hydrogen) atoms. The van der Waals surface area contributed by atoms with Crippen molar-refractivity contribution in [1.82, 2.24) is 15.3 Å². The van der Waals surface area contributed by atoms with E-state index in [1.54, 1.807) is 24.2 Å². The fraction of sp³-hybridized carbons (Fsp3) is 0.250. The lowest BCUT2D eigenvalue weighted by Crippen LogP contribution is -2.17. The summed E-state index contributed by atoms with van der Waals surface area (Å²) in [6.45, 7) is 0. The third-order valence-electron chi connectivity index (χ3n) is 2.23. The van der Waals surface area contributed by atoms with E-state index in [1.165, 1.54) is 0 Å². The highest BCUT2D eigenvalue weighted by molar-refractivity contribution is 8.00. The van der Waals surface area contributed by atoms with Crippen molar-refractivity contribution in [1.29, 1.82) is 0 Å². The van der Waals surface area contributed by atoms with Gasteiger partial charge in [0.1, 0.15) is 0 Å². The Balaban J connectivity index is 2.03. The van der Waals surface area contributed by atoms with Gasteiger partial charge >= 0.3 is 0 Å². The lowest BCUT2D eigenvalue weighted by atomic mass is 10.2. The molecule has 0 bridgehead atoms. The molecule has 1 aromatic rings. The van der Waals surface area contributed by atoms with Gasteiger partial charge in [0.25, 0.3) is 5.91 Å². The number of aromatic nitrogens is 1. The van der Waals surface area contributed by atoms with Crippen LogP contribution in [-0.2, 0) is 4.79 Å². The summed E-state index contributed by atoms with van der Waals surface area (Å²) in [7, 11) is 3.75. The Morgan fingerprint density at radius 3 is 2.94 bits per heavy atom. The second kappa shape index (κ2) is 5.68. The third kappa shape index (κ3) is 3.10. The molecule has 0 saturated heterocycles. The van der Waals surface area contributed by atoms with E-state index < -0.39 is 0 Å². The van der Waals surface area contributed by atoms with Crippen LogP contribution in [0.25, 0.3) is 0 Å². The van der Waals surface area contributed by atoms with E-state index >= 15 is 0 Å². The van der Waals surface area contributed by atoms with Gasteiger partial charge in [-0.15, -0.1) is 0 Å². The molecule has 1 amide bonds. The van der Waals surface area contributed by atoms with Gasteiger partial charge in [0.15, 0.2) is 0 Å². The Morgan fingerprint density at radius 2 is 2.28 bits per heavy atom. The number of hydrazone groups is 1. The number of hydrogen-bond donors (Lipinski definition) is 1. The normalized spacial score (nSPS) is 16.7. The Hall–Kier alpha value is -1.82. The largest absolute Gasteiger partial charge is 0.383 e. The van der Waals surface area contributed by atoms with Gasteiger partial charge in [0.05, 0.1) is 16.3 Å². The van der Waals surface area contributed by atoms with Gasteiger partial charge < -0.3 is 4.90 Å². The van der Waals surface area contributed by atoms with Crippen molar-refractivity contribution in [2.75, 3.05) is 19.8 Å². The van der Waals surface area contributed by atoms with Crippen LogP contribution in [0.4, 0.5) is 0 Å². The predicted molar refractivity (Wildman–Crippen MR) is 72.3 cm³/mol. The number of rotatable bonds is 4. The molecule has 1 aromatic heterocycles. The van der Waals surface area contributed by atoms with Crippen molar-refractivity contribution in [2.45, 2.75) is 5.03 Å². The summed E-state index contributed by atoms with van der Waals surface area (Å²) in [5.74, 6) is 0.468. The number of nitrogens with one attached hydrogen (secondary N) is 1. The molecule has 0 fully saturated rings. The number of amides is 1. The SMILES string of the molecule is CN(C)/C=C1\C(=O)NN=C1CSc1ccccn1. The molecule has 0 aromatic carbocycles. The highest BCUT2D eigenvalue weighted by Crippen LogP contribution is 2.18. The van der Waals surface area contributed by atoms with Gasteiger partial charge in [-0.1, -0.05) is 17.8 Å². The summed E-state index contributed by atoms with van der Waals surface area (Å²) in [6.07, 6.45) is 3.53. The van der Waals surface area contributed by atoms with E-state index in [9.17, 15) is 4.79 Å². The monoisotopic (exact) mass is 262 g/mol. The van der Waals surface area contributed by atoms with E-state index in [2.05, 4.69) is 15.5 Å². The minimum Gasteiger partial charge on any atom is -0.383 e. The Bertz CT molecular complexity index is 496. The van der Waals surface area contributed by atoms with Crippen molar-refractivity contribution < 1.29 is 4.79 Å². The molecule has 6 heteroatoms. The maximum atomic E-state index is 11.6. The van der Waals surface area contributed by atoms with E-state index in [-0.39, 0.29) is 5.91 Å². The van der Waals surface area contributed by atoms with Crippen LogP contribution in [0.1, 0.15) is 0 Å². The molecule has 0 radical (unpaired) electrons. The summed E-state index contributed by atoms with van der Waals surface area (Å²) in [6, 6.07) is 5.75. The number of carbonyl (C=O) groups is 1. The predicted octanol–water partition coefficient (Wildman–Crippen LogP) is 1.10. The minimum absolute atomic E-state index is 0.152. The zero-order chi connectivity index (χ0) is 13.0. The van der Waals surface area contributed by atoms with Crippen LogP contribution in [0.3, 0.4) is 0 Å². The summed E-state index contributed by atoms with van der Waals surface area (Å²) >= 11 is 1.56. The first-order chi connectivity index (χ1) is 8.66. The first-order valence-corrected chi connectivity index (χ1v) is 6.45. The molecule has 1 N–H and O–H groups in total. The Morgan fingerprint density at radius 1 is 1.44 bits per heavy atom. The zero-order valence-corrected chi connectivity index (χ0v) is 11.1. The highest BCUT2D eigenvalue weighted by atomic mass is 32.2. The fourth-order valence-electron chi connectivity index (χ4n) is 1.45. The highest BCUT2D eigenvalue weighted by Gasteiger charge is 2.22. The minimum atomic E-state index is -0.152. The van der Waals surface area contributed by atoms with Crippen molar-refractivity contribution in [3.05, 3.63) is 36.2 Å². The van der Waals surface area contributed by atoms with Crippen LogP contribution in [0, 0.1) is 0 Å².